The van der Waals surface area contributed by atoms with Crippen molar-refractivity contribution in [2.45, 2.75) is 26.0 Å². The van der Waals surface area contributed by atoms with Crippen LogP contribution in [0.15, 0.2) is 24.3 Å². The van der Waals surface area contributed by atoms with Crippen molar-refractivity contribution in [1.82, 2.24) is 5.32 Å². The Kier molecular flexibility index (Phi) is 4.27. The Morgan fingerprint density at radius 3 is 2.61 bits per heavy atom. The third-order valence-corrected chi connectivity index (χ3v) is 2.13. The van der Waals surface area contributed by atoms with Crippen molar-refractivity contribution >= 4 is 5.91 Å². The molecule has 96 valence electrons. The second-order valence-corrected chi connectivity index (χ2v) is 4.10. The van der Waals surface area contributed by atoms with E-state index in [4.69, 9.17) is 6.42 Å². The number of hydrogen-bond acceptors (Lipinski definition) is 2. The molecule has 0 aromatic heterocycles. The van der Waals surface area contributed by atoms with Crippen LogP contribution in [-0.2, 0) is 0 Å². The smallest absolute Gasteiger partial charge is 0.387 e. The van der Waals surface area contributed by atoms with Crippen molar-refractivity contribution in [1.29, 1.82) is 0 Å². The number of hydrogen-bond donors (Lipinski definition) is 1. The molecule has 0 fully saturated rings. The molecule has 0 aliphatic heterocycles. The molecule has 0 spiro atoms. The SMILES string of the molecule is C#CC(C)(C)NC(=O)c1ccccc1OC(F)F. The monoisotopic (exact) mass is 253 g/mol. The zero-order valence-corrected chi connectivity index (χ0v) is 10.0. The number of rotatable bonds is 4. The number of para-hydroxylation sites is 1. The van der Waals surface area contributed by atoms with E-state index in [0.29, 0.717) is 0 Å². The zero-order valence-electron chi connectivity index (χ0n) is 10.0. The quantitative estimate of drug-likeness (QED) is 0.837. The van der Waals surface area contributed by atoms with Gasteiger partial charge in [0.15, 0.2) is 0 Å². The van der Waals surface area contributed by atoms with Crippen LogP contribution in [0.1, 0.15) is 24.2 Å². The Labute approximate surface area is 104 Å². The van der Waals surface area contributed by atoms with Crippen LogP contribution in [0.4, 0.5) is 8.78 Å². The molecule has 0 unspecified atom stereocenters. The van der Waals surface area contributed by atoms with Gasteiger partial charge in [0.05, 0.1) is 11.1 Å². The van der Waals surface area contributed by atoms with Gasteiger partial charge in [0.2, 0.25) is 0 Å². The Bertz CT molecular complexity index is 478. The predicted octanol–water partition coefficient (Wildman–Crippen LogP) is 2.43. The summed E-state index contributed by atoms with van der Waals surface area (Å²) in [7, 11) is 0. The van der Waals surface area contributed by atoms with Crippen LogP contribution < -0.4 is 10.1 Å². The van der Waals surface area contributed by atoms with Crippen molar-refractivity contribution < 1.29 is 18.3 Å². The van der Waals surface area contributed by atoms with E-state index in [-0.39, 0.29) is 11.3 Å². The number of benzene rings is 1. The summed E-state index contributed by atoms with van der Waals surface area (Å²) in [5.74, 6) is 1.64. The molecule has 0 saturated heterocycles. The maximum absolute atomic E-state index is 12.2. The highest BCUT2D eigenvalue weighted by Gasteiger charge is 2.21. The molecule has 0 aliphatic rings. The fourth-order valence-electron chi connectivity index (χ4n) is 1.24. The van der Waals surface area contributed by atoms with E-state index < -0.39 is 18.1 Å². The van der Waals surface area contributed by atoms with Crippen LogP contribution in [0, 0.1) is 12.3 Å². The molecule has 18 heavy (non-hydrogen) atoms. The van der Waals surface area contributed by atoms with Crippen LogP contribution in [-0.4, -0.2) is 18.1 Å². The van der Waals surface area contributed by atoms with Gasteiger partial charge >= 0.3 is 6.61 Å². The molecule has 0 aliphatic carbocycles. The third kappa shape index (κ3) is 3.74. The molecule has 0 saturated carbocycles. The van der Waals surface area contributed by atoms with Crippen LogP contribution in [0.2, 0.25) is 0 Å². The van der Waals surface area contributed by atoms with Gasteiger partial charge in [0, 0.05) is 0 Å². The molecule has 1 aromatic carbocycles. The van der Waals surface area contributed by atoms with E-state index in [1.54, 1.807) is 19.9 Å². The highest BCUT2D eigenvalue weighted by Crippen LogP contribution is 2.20. The van der Waals surface area contributed by atoms with Crippen molar-refractivity contribution in [3.05, 3.63) is 29.8 Å². The average Bonchev–Trinajstić information content (AvgIpc) is 2.28. The van der Waals surface area contributed by atoms with Gasteiger partial charge in [-0.25, -0.2) is 0 Å². The summed E-state index contributed by atoms with van der Waals surface area (Å²) in [4.78, 5) is 11.9. The molecule has 0 radical (unpaired) electrons. The van der Waals surface area contributed by atoms with Crippen LogP contribution >= 0.6 is 0 Å². The summed E-state index contributed by atoms with van der Waals surface area (Å²) >= 11 is 0. The van der Waals surface area contributed by atoms with Crippen molar-refractivity contribution in [3.8, 4) is 18.1 Å². The van der Waals surface area contributed by atoms with Gasteiger partial charge in [-0.3, -0.25) is 4.79 Å². The van der Waals surface area contributed by atoms with Gasteiger partial charge in [-0.15, -0.1) is 6.42 Å². The first-order chi connectivity index (χ1) is 8.35. The summed E-state index contributed by atoms with van der Waals surface area (Å²) in [5.41, 5.74) is -0.851. The standard InChI is InChI=1S/C13H13F2NO2/c1-4-13(2,3)16-11(17)9-7-5-6-8-10(9)18-12(14)15/h1,5-8,12H,2-3H3,(H,16,17). The zero-order chi connectivity index (χ0) is 13.8. The van der Waals surface area contributed by atoms with Crippen LogP contribution in [0.25, 0.3) is 0 Å². The van der Waals surface area contributed by atoms with Crippen LogP contribution in [0.5, 0.6) is 5.75 Å². The Morgan fingerprint density at radius 2 is 2.06 bits per heavy atom. The van der Waals surface area contributed by atoms with Gasteiger partial charge < -0.3 is 10.1 Å². The molecule has 1 aromatic rings. The van der Waals surface area contributed by atoms with E-state index >= 15 is 0 Å². The first-order valence-corrected chi connectivity index (χ1v) is 5.20. The number of carbonyl (C=O) groups excluding carboxylic acids is 1. The van der Waals surface area contributed by atoms with Gasteiger partial charge in [-0.2, -0.15) is 8.78 Å². The number of halogens is 2. The Morgan fingerprint density at radius 1 is 1.44 bits per heavy atom. The Hall–Kier alpha value is -2.09. The average molecular weight is 253 g/mol. The largest absolute Gasteiger partial charge is 0.434 e. The maximum Gasteiger partial charge on any atom is 0.387 e. The lowest BCUT2D eigenvalue weighted by Gasteiger charge is -2.20. The van der Waals surface area contributed by atoms with E-state index in [2.05, 4.69) is 16.0 Å². The lowest BCUT2D eigenvalue weighted by molar-refractivity contribution is -0.0501. The number of alkyl halides is 2. The predicted molar refractivity (Wildman–Crippen MR) is 63.5 cm³/mol. The summed E-state index contributed by atoms with van der Waals surface area (Å²) < 4.78 is 28.6. The fraction of sp³-hybridized carbons (Fsp3) is 0.308. The number of terminal acetylenes is 1. The summed E-state index contributed by atoms with van der Waals surface area (Å²) in [6.07, 6.45) is 5.24. The summed E-state index contributed by atoms with van der Waals surface area (Å²) in [6.45, 7) is 0.266. The molecule has 1 amide bonds. The van der Waals surface area contributed by atoms with Gasteiger partial charge in [-0.05, 0) is 26.0 Å². The molecular weight excluding hydrogens is 240 g/mol. The highest BCUT2D eigenvalue weighted by molar-refractivity contribution is 5.97. The molecule has 0 bridgehead atoms. The molecule has 1 rings (SSSR count). The highest BCUT2D eigenvalue weighted by atomic mass is 19.3. The fourth-order valence-corrected chi connectivity index (χ4v) is 1.24. The van der Waals surface area contributed by atoms with E-state index in [1.807, 2.05) is 0 Å². The molecule has 3 nitrogen and oxygen atoms in total. The minimum absolute atomic E-state index is 0.0149. The van der Waals surface area contributed by atoms with Crippen LogP contribution in [0.3, 0.4) is 0 Å². The normalized spacial score (nSPS) is 10.9. The molecule has 0 heterocycles. The second kappa shape index (κ2) is 5.50. The molecular formula is C13H13F2NO2. The summed E-state index contributed by atoms with van der Waals surface area (Å²) in [6, 6.07) is 5.74. The minimum Gasteiger partial charge on any atom is -0.434 e. The minimum atomic E-state index is -2.99. The second-order valence-electron chi connectivity index (χ2n) is 4.10. The summed E-state index contributed by atoms with van der Waals surface area (Å²) in [5, 5.41) is 2.54. The third-order valence-electron chi connectivity index (χ3n) is 2.13. The molecule has 5 heteroatoms. The number of carbonyl (C=O) groups is 1. The molecule has 1 N–H and O–H groups in total. The lowest BCUT2D eigenvalue weighted by atomic mass is 10.1. The van der Waals surface area contributed by atoms with Gasteiger partial charge in [-0.1, -0.05) is 18.1 Å². The number of amides is 1. The van der Waals surface area contributed by atoms with Gasteiger partial charge in [0.1, 0.15) is 5.75 Å². The maximum atomic E-state index is 12.2. The van der Waals surface area contributed by atoms with Gasteiger partial charge in [0.25, 0.3) is 5.91 Å². The van der Waals surface area contributed by atoms with E-state index in [0.717, 1.165) is 0 Å². The lowest BCUT2D eigenvalue weighted by Crippen LogP contribution is -2.42. The Balaban J connectivity index is 2.96. The number of ether oxygens (including phenoxy) is 1. The van der Waals surface area contributed by atoms with E-state index in [1.165, 1.54) is 18.2 Å². The molecule has 0 atom stereocenters. The first kappa shape index (κ1) is 14.0. The van der Waals surface area contributed by atoms with Crippen molar-refractivity contribution in [2.75, 3.05) is 0 Å². The van der Waals surface area contributed by atoms with Crippen molar-refractivity contribution in [3.63, 3.8) is 0 Å². The first-order valence-electron chi connectivity index (χ1n) is 5.20. The van der Waals surface area contributed by atoms with E-state index in [9.17, 15) is 13.6 Å². The topological polar surface area (TPSA) is 38.3 Å². The number of nitrogens with one attached hydrogen (secondary N) is 1. The van der Waals surface area contributed by atoms with Crippen molar-refractivity contribution in [2.24, 2.45) is 0 Å².